The number of rotatable bonds is 6. The van der Waals surface area contributed by atoms with Crippen LogP contribution in [0.3, 0.4) is 0 Å². The van der Waals surface area contributed by atoms with Gasteiger partial charge in [0.05, 0.1) is 0 Å². The second-order valence-electron chi connectivity index (χ2n) is 4.73. The van der Waals surface area contributed by atoms with Gasteiger partial charge in [-0.1, -0.05) is 0 Å². The van der Waals surface area contributed by atoms with E-state index in [2.05, 4.69) is 16.9 Å². The standard InChI is InChI=1S/C12H22N2O4S/c1-19-9-4-2-8(3-5-9)13-12(18)14-10(6-7-15)11(16)17/h8-10,15H,2-7H2,1H3,(H,16,17)(H2,13,14,18)/t8?,9?,10-/m1/s1. The van der Waals surface area contributed by atoms with Crippen LogP contribution in [0.2, 0.25) is 0 Å². The minimum absolute atomic E-state index is 0.0158. The normalized spacial score (nSPS) is 24.5. The molecule has 19 heavy (non-hydrogen) atoms. The highest BCUT2D eigenvalue weighted by Gasteiger charge is 2.24. The number of hydrogen-bond acceptors (Lipinski definition) is 4. The van der Waals surface area contributed by atoms with Gasteiger partial charge in [0, 0.05) is 24.3 Å². The smallest absolute Gasteiger partial charge is 0.326 e. The van der Waals surface area contributed by atoms with Gasteiger partial charge in [-0.2, -0.15) is 11.8 Å². The first-order chi connectivity index (χ1) is 9.06. The van der Waals surface area contributed by atoms with Gasteiger partial charge >= 0.3 is 12.0 Å². The van der Waals surface area contributed by atoms with E-state index >= 15 is 0 Å². The topological polar surface area (TPSA) is 98.7 Å². The van der Waals surface area contributed by atoms with Crippen LogP contribution in [-0.4, -0.2) is 52.4 Å². The summed E-state index contributed by atoms with van der Waals surface area (Å²) >= 11 is 1.85. The summed E-state index contributed by atoms with van der Waals surface area (Å²) in [5.74, 6) is -1.13. The Morgan fingerprint density at radius 3 is 2.42 bits per heavy atom. The molecule has 0 aliphatic heterocycles. The first-order valence-corrected chi connectivity index (χ1v) is 7.79. The SMILES string of the molecule is CSC1CCC(NC(=O)N[C@H](CCO)C(=O)O)CC1. The number of amides is 2. The molecule has 1 saturated carbocycles. The lowest BCUT2D eigenvalue weighted by molar-refractivity contribution is -0.139. The number of aliphatic hydroxyl groups excluding tert-OH is 1. The van der Waals surface area contributed by atoms with E-state index in [-0.39, 0.29) is 19.1 Å². The van der Waals surface area contributed by atoms with E-state index in [0.29, 0.717) is 5.25 Å². The number of aliphatic hydroxyl groups is 1. The molecule has 1 fully saturated rings. The molecule has 0 aromatic rings. The minimum atomic E-state index is -1.13. The maximum Gasteiger partial charge on any atom is 0.326 e. The Balaban J connectivity index is 2.32. The van der Waals surface area contributed by atoms with Gasteiger partial charge < -0.3 is 20.8 Å². The van der Waals surface area contributed by atoms with Gasteiger partial charge in [-0.3, -0.25) is 0 Å². The molecule has 7 heteroatoms. The predicted octanol–water partition coefficient (Wildman–Crippen LogP) is 0.795. The first-order valence-electron chi connectivity index (χ1n) is 6.50. The second kappa shape index (κ2) is 8.27. The molecule has 0 aromatic carbocycles. The maximum absolute atomic E-state index is 11.7. The van der Waals surface area contributed by atoms with Crippen LogP contribution in [-0.2, 0) is 4.79 Å². The largest absolute Gasteiger partial charge is 0.480 e. The van der Waals surface area contributed by atoms with Gasteiger partial charge in [0.2, 0.25) is 0 Å². The quantitative estimate of drug-likeness (QED) is 0.580. The Hall–Kier alpha value is -0.950. The molecule has 0 aromatic heterocycles. The van der Waals surface area contributed by atoms with Crippen molar-refractivity contribution in [2.24, 2.45) is 0 Å². The molecule has 2 amide bonds. The number of carbonyl (C=O) groups is 2. The van der Waals surface area contributed by atoms with Crippen LogP contribution in [0.1, 0.15) is 32.1 Å². The van der Waals surface area contributed by atoms with Crippen molar-refractivity contribution >= 4 is 23.8 Å². The zero-order valence-electron chi connectivity index (χ0n) is 11.1. The molecule has 0 bridgehead atoms. The van der Waals surface area contributed by atoms with E-state index in [0.717, 1.165) is 25.7 Å². The van der Waals surface area contributed by atoms with Crippen molar-refractivity contribution < 1.29 is 19.8 Å². The lowest BCUT2D eigenvalue weighted by atomic mass is 9.95. The monoisotopic (exact) mass is 290 g/mol. The molecule has 0 heterocycles. The molecule has 1 atom stereocenters. The lowest BCUT2D eigenvalue weighted by Gasteiger charge is -2.28. The van der Waals surface area contributed by atoms with Crippen LogP contribution in [0.4, 0.5) is 4.79 Å². The fourth-order valence-corrected chi connectivity index (χ4v) is 2.96. The Morgan fingerprint density at radius 2 is 1.95 bits per heavy atom. The Morgan fingerprint density at radius 1 is 1.32 bits per heavy atom. The van der Waals surface area contributed by atoms with Crippen molar-refractivity contribution in [1.82, 2.24) is 10.6 Å². The van der Waals surface area contributed by atoms with Crippen LogP contribution in [0.5, 0.6) is 0 Å². The molecule has 4 N–H and O–H groups in total. The molecule has 0 spiro atoms. The van der Waals surface area contributed by atoms with E-state index in [9.17, 15) is 9.59 Å². The molecule has 0 unspecified atom stereocenters. The Bertz CT molecular complexity index is 306. The fraction of sp³-hybridized carbons (Fsp3) is 0.833. The number of aliphatic carboxylic acids is 1. The Kier molecular flexibility index (Phi) is 7.01. The van der Waals surface area contributed by atoms with Crippen molar-refractivity contribution in [2.75, 3.05) is 12.9 Å². The molecule has 0 saturated heterocycles. The average molecular weight is 290 g/mol. The highest BCUT2D eigenvalue weighted by Crippen LogP contribution is 2.26. The van der Waals surface area contributed by atoms with Gasteiger partial charge in [-0.05, 0) is 31.9 Å². The summed E-state index contributed by atoms with van der Waals surface area (Å²) in [5, 5.41) is 23.5. The Labute approximate surface area is 117 Å². The van der Waals surface area contributed by atoms with Gasteiger partial charge in [0.15, 0.2) is 0 Å². The zero-order valence-corrected chi connectivity index (χ0v) is 11.9. The summed E-state index contributed by atoms with van der Waals surface area (Å²) in [6.45, 7) is -0.268. The maximum atomic E-state index is 11.7. The highest BCUT2D eigenvalue weighted by atomic mass is 32.2. The molecule has 1 aliphatic rings. The highest BCUT2D eigenvalue weighted by molar-refractivity contribution is 7.99. The van der Waals surface area contributed by atoms with Crippen LogP contribution in [0, 0.1) is 0 Å². The van der Waals surface area contributed by atoms with Gasteiger partial charge in [0.25, 0.3) is 0 Å². The number of carboxylic acid groups (broad SMARTS) is 1. The second-order valence-corrected chi connectivity index (χ2v) is 5.87. The van der Waals surface area contributed by atoms with Gasteiger partial charge in [-0.15, -0.1) is 0 Å². The van der Waals surface area contributed by atoms with Crippen molar-refractivity contribution in [3.8, 4) is 0 Å². The minimum Gasteiger partial charge on any atom is -0.480 e. The van der Waals surface area contributed by atoms with Crippen LogP contribution in [0.25, 0.3) is 0 Å². The molecular formula is C12H22N2O4S. The molecule has 6 nitrogen and oxygen atoms in total. The molecule has 1 rings (SSSR count). The van der Waals surface area contributed by atoms with Crippen LogP contribution >= 0.6 is 11.8 Å². The fourth-order valence-electron chi connectivity index (χ4n) is 2.21. The summed E-state index contributed by atoms with van der Waals surface area (Å²) in [4.78, 5) is 22.5. The lowest BCUT2D eigenvalue weighted by Crippen LogP contribution is -2.50. The van der Waals surface area contributed by atoms with E-state index in [1.165, 1.54) is 0 Å². The third-order valence-corrected chi connectivity index (χ3v) is 4.50. The summed E-state index contributed by atoms with van der Waals surface area (Å²) in [6, 6.07) is -1.38. The predicted molar refractivity (Wildman–Crippen MR) is 74.4 cm³/mol. The summed E-state index contributed by atoms with van der Waals surface area (Å²) in [7, 11) is 0. The number of carboxylic acids is 1. The van der Waals surface area contributed by atoms with E-state index in [4.69, 9.17) is 10.2 Å². The van der Waals surface area contributed by atoms with Crippen LogP contribution in [0.15, 0.2) is 0 Å². The first kappa shape index (κ1) is 16.1. The van der Waals surface area contributed by atoms with Crippen molar-refractivity contribution in [2.45, 2.75) is 49.4 Å². The summed E-state index contributed by atoms with van der Waals surface area (Å²) in [6.07, 6.45) is 6.11. The van der Waals surface area contributed by atoms with Gasteiger partial charge in [0.1, 0.15) is 6.04 Å². The summed E-state index contributed by atoms with van der Waals surface area (Å²) in [5.41, 5.74) is 0. The van der Waals surface area contributed by atoms with Crippen molar-refractivity contribution in [3.63, 3.8) is 0 Å². The van der Waals surface area contributed by atoms with E-state index < -0.39 is 18.0 Å². The average Bonchev–Trinajstić information content (AvgIpc) is 2.39. The van der Waals surface area contributed by atoms with E-state index in [1.807, 2.05) is 11.8 Å². The number of hydrogen-bond donors (Lipinski definition) is 4. The van der Waals surface area contributed by atoms with Gasteiger partial charge in [-0.25, -0.2) is 9.59 Å². The van der Waals surface area contributed by atoms with Crippen LogP contribution < -0.4 is 10.6 Å². The molecule has 110 valence electrons. The third kappa shape index (κ3) is 5.69. The van der Waals surface area contributed by atoms with Crippen molar-refractivity contribution in [3.05, 3.63) is 0 Å². The molecule has 0 radical (unpaired) electrons. The number of thioether (sulfide) groups is 1. The zero-order chi connectivity index (χ0) is 14.3. The molecular weight excluding hydrogens is 268 g/mol. The van der Waals surface area contributed by atoms with E-state index in [1.54, 1.807) is 0 Å². The molecule has 1 aliphatic carbocycles. The number of nitrogens with one attached hydrogen (secondary N) is 2. The number of urea groups is 1. The summed E-state index contributed by atoms with van der Waals surface area (Å²) < 4.78 is 0. The van der Waals surface area contributed by atoms with Crippen molar-refractivity contribution in [1.29, 1.82) is 0 Å². The number of carbonyl (C=O) groups excluding carboxylic acids is 1. The third-order valence-electron chi connectivity index (χ3n) is 3.36.